The number of nitrogens with one attached hydrogen (secondary N) is 1. The average Bonchev–Trinajstić information content (AvgIpc) is 2.58. The molecule has 7 atom stereocenters. The maximum atomic E-state index is 13.9. The molecule has 1 aliphatic heterocycles. The third-order valence-electron chi connectivity index (χ3n) is 5.03. The minimum Gasteiger partial charge on any atom is -0.286 e. The number of nitrogens with zero attached hydrogens (tertiary/aromatic N) is 2. The van der Waals surface area contributed by atoms with Crippen molar-refractivity contribution in [2.75, 3.05) is 26.9 Å². The van der Waals surface area contributed by atoms with Crippen molar-refractivity contribution in [1.29, 1.82) is 0 Å². The Kier molecular flexibility index (Phi) is 6.57. The molecule has 0 amide bonds. The van der Waals surface area contributed by atoms with Crippen molar-refractivity contribution >= 4 is 19.6 Å². The van der Waals surface area contributed by atoms with Crippen molar-refractivity contribution in [3.05, 3.63) is 0 Å². The zero-order valence-corrected chi connectivity index (χ0v) is 14.8. The summed E-state index contributed by atoms with van der Waals surface area (Å²) in [6, 6.07) is 0.140. The quantitative estimate of drug-likeness (QED) is 0.631. The Morgan fingerprint density at radius 3 is 2.55 bits per heavy atom. The van der Waals surface area contributed by atoms with Crippen LogP contribution in [0.4, 0.5) is 8.78 Å². The minimum absolute atomic E-state index is 0.0590. The monoisotopic (exact) mass is 331 g/mol. The van der Waals surface area contributed by atoms with Gasteiger partial charge in [0.25, 0.3) is 0 Å². The van der Waals surface area contributed by atoms with Crippen molar-refractivity contribution in [1.82, 2.24) is 15.1 Å². The fraction of sp³-hybridized carbons (Fsp3) is 1.00. The van der Waals surface area contributed by atoms with Crippen molar-refractivity contribution in [3.8, 4) is 0 Å². The minimum atomic E-state index is -1.33. The molecule has 0 aromatic rings. The van der Waals surface area contributed by atoms with Crippen molar-refractivity contribution < 1.29 is 8.78 Å². The summed E-state index contributed by atoms with van der Waals surface area (Å²) in [5.41, 5.74) is 0. The maximum Gasteiger partial charge on any atom is 0.134 e. The predicted molar refractivity (Wildman–Crippen MR) is 90.7 cm³/mol. The van der Waals surface area contributed by atoms with Crippen LogP contribution in [0.1, 0.15) is 26.2 Å². The van der Waals surface area contributed by atoms with Gasteiger partial charge in [-0.25, -0.2) is 8.78 Å². The molecule has 0 spiro atoms. The van der Waals surface area contributed by atoms with E-state index in [0.29, 0.717) is 19.3 Å². The van der Waals surface area contributed by atoms with Gasteiger partial charge in [-0.05, 0) is 57.9 Å². The van der Waals surface area contributed by atoms with Gasteiger partial charge in [-0.3, -0.25) is 15.1 Å². The second kappa shape index (κ2) is 7.82. The molecule has 1 N–H and O–H groups in total. The number of rotatable bonds is 3. The highest BCUT2D eigenvalue weighted by atomic mass is 32.2. The molecule has 2 aliphatic rings. The number of hydrogen-bond acceptors (Lipinski definition) is 4. The van der Waals surface area contributed by atoms with Gasteiger partial charge >= 0.3 is 0 Å². The van der Waals surface area contributed by atoms with E-state index in [9.17, 15) is 8.78 Å². The zero-order valence-electron chi connectivity index (χ0n) is 14.0. The highest BCUT2D eigenvalue weighted by Gasteiger charge is 2.38. The lowest BCUT2D eigenvalue weighted by atomic mass is 9.84. The van der Waals surface area contributed by atoms with E-state index in [-0.39, 0.29) is 29.4 Å². The Morgan fingerprint density at radius 2 is 1.91 bits per heavy atom. The first-order chi connectivity index (χ1) is 10.3. The highest BCUT2D eigenvalue weighted by Crippen LogP contribution is 2.32. The third-order valence-corrected chi connectivity index (χ3v) is 6.20. The van der Waals surface area contributed by atoms with Gasteiger partial charge in [-0.15, -0.1) is 11.8 Å². The van der Waals surface area contributed by atoms with Crippen molar-refractivity contribution in [2.45, 2.75) is 62.1 Å². The van der Waals surface area contributed by atoms with E-state index < -0.39 is 12.3 Å². The van der Waals surface area contributed by atoms with Crippen LogP contribution in [0.5, 0.6) is 0 Å². The van der Waals surface area contributed by atoms with Crippen LogP contribution >= 0.6 is 11.8 Å². The first kappa shape index (κ1) is 18.5. The molecule has 2 fully saturated rings. The van der Waals surface area contributed by atoms with Crippen LogP contribution in [-0.2, 0) is 0 Å². The molecule has 7 unspecified atom stereocenters. The molecule has 2 rings (SSSR count). The van der Waals surface area contributed by atoms with Gasteiger partial charge in [0.15, 0.2) is 0 Å². The summed E-state index contributed by atoms with van der Waals surface area (Å²) in [5, 5.41) is 3.85. The molecule has 3 nitrogen and oxygen atoms in total. The summed E-state index contributed by atoms with van der Waals surface area (Å²) < 4.78 is 27.6. The SMILES string of the molecule is [B]C1CN(C)C(NC2CCC(F)C(F)C(C)C2)N(C)C1SC. The van der Waals surface area contributed by atoms with Gasteiger partial charge in [0.2, 0.25) is 0 Å². The summed E-state index contributed by atoms with van der Waals surface area (Å²) in [5.74, 6) is -0.144. The fourth-order valence-electron chi connectivity index (χ4n) is 3.80. The molecule has 1 saturated carbocycles. The molecule has 0 aromatic heterocycles. The summed E-state index contributed by atoms with van der Waals surface area (Å²) in [6.45, 7) is 2.62. The van der Waals surface area contributed by atoms with E-state index in [0.717, 1.165) is 6.54 Å². The molecule has 22 heavy (non-hydrogen) atoms. The third kappa shape index (κ3) is 3.97. The molecule has 1 heterocycles. The maximum absolute atomic E-state index is 13.9. The second-order valence-corrected chi connectivity index (χ2v) is 7.84. The molecular weight excluding hydrogens is 303 g/mol. The van der Waals surface area contributed by atoms with Crippen LogP contribution in [0.3, 0.4) is 0 Å². The molecule has 0 bridgehead atoms. The Bertz CT molecular complexity index is 366. The topological polar surface area (TPSA) is 18.5 Å². The van der Waals surface area contributed by atoms with Gasteiger partial charge in [0.05, 0.1) is 13.2 Å². The smallest absolute Gasteiger partial charge is 0.134 e. The van der Waals surface area contributed by atoms with E-state index in [1.165, 1.54) is 0 Å². The van der Waals surface area contributed by atoms with Crippen LogP contribution < -0.4 is 5.32 Å². The fourth-order valence-corrected chi connectivity index (χ4v) is 4.68. The summed E-state index contributed by atoms with van der Waals surface area (Å²) >= 11 is 1.75. The number of halogens is 2. The normalized spacial score (nSPS) is 45.6. The standard InChI is InChI=1S/C15H28BF2N3S/c1-9-7-10(5-6-12(17)13(9)18)19-15-20(2)8-11(16)14(22-4)21(15)3/h9-15,19H,5-8H2,1-4H3. The van der Waals surface area contributed by atoms with Crippen LogP contribution in [0.15, 0.2) is 0 Å². The molecule has 1 aliphatic carbocycles. The van der Waals surface area contributed by atoms with Crippen molar-refractivity contribution in [3.63, 3.8) is 0 Å². The Morgan fingerprint density at radius 1 is 1.23 bits per heavy atom. The first-order valence-electron chi connectivity index (χ1n) is 8.09. The van der Waals surface area contributed by atoms with E-state index in [1.807, 2.05) is 14.0 Å². The molecule has 7 heteroatoms. The summed E-state index contributed by atoms with van der Waals surface area (Å²) in [7, 11) is 10.3. The van der Waals surface area contributed by atoms with Gasteiger partial charge in [0.1, 0.15) is 18.6 Å². The molecule has 126 valence electrons. The van der Waals surface area contributed by atoms with Crippen LogP contribution in [0, 0.1) is 5.92 Å². The van der Waals surface area contributed by atoms with Gasteiger partial charge < -0.3 is 0 Å². The summed E-state index contributed by atoms with van der Waals surface area (Å²) in [4.78, 5) is 4.42. The van der Waals surface area contributed by atoms with Crippen LogP contribution in [-0.4, -0.2) is 74.6 Å². The molecular formula is C15H28BF2N3S. The second-order valence-electron chi connectivity index (χ2n) is 6.88. The summed E-state index contributed by atoms with van der Waals surface area (Å²) in [6.07, 6.45) is 1.13. The lowest BCUT2D eigenvalue weighted by molar-refractivity contribution is -0.00279. The van der Waals surface area contributed by atoms with E-state index in [2.05, 4.69) is 28.4 Å². The predicted octanol–water partition coefficient (Wildman–Crippen LogP) is 2.25. The molecule has 0 aromatic carbocycles. The number of thioether (sulfide) groups is 1. The van der Waals surface area contributed by atoms with E-state index in [4.69, 9.17) is 7.85 Å². The molecule has 2 radical (unpaired) electrons. The average molecular weight is 331 g/mol. The van der Waals surface area contributed by atoms with Gasteiger partial charge in [-0.2, -0.15) is 0 Å². The van der Waals surface area contributed by atoms with Crippen molar-refractivity contribution in [2.24, 2.45) is 5.92 Å². The highest BCUT2D eigenvalue weighted by molar-refractivity contribution is 7.99. The van der Waals surface area contributed by atoms with E-state index in [1.54, 1.807) is 11.8 Å². The lowest BCUT2D eigenvalue weighted by Gasteiger charge is -2.49. The molecule has 1 saturated heterocycles. The van der Waals surface area contributed by atoms with Crippen LogP contribution in [0.25, 0.3) is 0 Å². The number of hydrogen-bond donors (Lipinski definition) is 1. The van der Waals surface area contributed by atoms with Gasteiger partial charge in [-0.1, -0.05) is 6.92 Å². The zero-order chi connectivity index (χ0) is 16.4. The Labute approximate surface area is 139 Å². The number of alkyl halides is 2. The first-order valence-corrected chi connectivity index (χ1v) is 9.38. The van der Waals surface area contributed by atoms with Gasteiger partial charge in [0, 0.05) is 6.04 Å². The Hall–Kier alpha value is 0.155. The van der Waals surface area contributed by atoms with Crippen LogP contribution in [0.2, 0.25) is 5.82 Å². The Balaban J connectivity index is 2.02. The lowest BCUT2D eigenvalue weighted by Crippen LogP contribution is -2.64. The largest absolute Gasteiger partial charge is 0.286 e. The van der Waals surface area contributed by atoms with E-state index >= 15 is 0 Å².